The molecule has 184 valence electrons. The van der Waals surface area contributed by atoms with Gasteiger partial charge in [-0.15, -0.1) is 0 Å². The second-order valence-corrected chi connectivity index (χ2v) is 11.1. The fourth-order valence-electron chi connectivity index (χ4n) is 4.65. The van der Waals surface area contributed by atoms with Crippen molar-refractivity contribution in [3.8, 4) is 5.75 Å². The van der Waals surface area contributed by atoms with Gasteiger partial charge in [0.15, 0.2) is 0 Å². The summed E-state index contributed by atoms with van der Waals surface area (Å²) in [6.45, 7) is 6.71. The van der Waals surface area contributed by atoms with Crippen LogP contribution < -0.4 is 15.0 Å². The summed E-state index contributed by atoms with van der Waals surface area (Å²) in [5.41, 5.74) is 3.06. The minimum Gasteiger partial charge on any atom is -0.497 e. The lowest BCUT2D eigenvalue weighted by atomic mass is 9.98. The van der Waals surface area contributed by atoms with Crippen molar-refractivity contribution in [2.45, 2.75) is 24.7 Å². The Kier molecular flexibility index (Phi) is 7.45. The predicted molar refractivity (Wildman–Crippen MR) is 134 cm³/mol. The van der Waals surface area contributed by atoms with Crippen LogP contribution in [0.25, 0.3) is 0 Å². The molecule has 1 atom stereocenters. The van der Waals surface area contributed by atoms with E-state index in [-0.39, 0.29) is 23.3 Å². The van der Waals surface area contributed by atoms with Crippen molar-refractivity contribution in [2.24, 2.45) is 5.92 Å². The summed E-state index contributed by atoms with van der Waals surface area (Å²) >= 11 is 0. The van der Waals surface area contributed by atoms with Gasteiger partial charge in [0, 0.05) is 50.6 Å². The Balaban J connectivity index is 1.40. The van der Waals surface area contributed by atoms with E-state index in [1.807, 2.05) is 12.1 Å². The van der Waals surface area contributed by atoms with Crippen LogP contribution in [0.3, 0.4) is 0 Å². The average molecular weight is 487 g/mol. The zero-order valence-corrected chi connectivity index (χ0v) is 21.0. The molecule has 9 heteroatoms. The highest BCUT2D eigenvalue weighted by Crippen LogP contribution is 2.28. The number of nitrogens with one attached hydrogen (secondary N) is 1. The molecule has 2 aliphatic heterocycles. The number of carbonyl (C=O) groups excluding carboxylic acids is 1. The van der Waals surface area contributed by atoms with Gasteiger partial charge in [-0.3, -0.25) is 4.79 Å². The van der Waals surface area contributed by atoms with Crippen LogP contribution in [0.4, 0.5) is 11.4 Å². The van der Waals surface area contributed by atoms with E-state index in [1.54, 1.807) is 31.4 Å². The van der Waals surface area contributed by atoms with Crippen molar-refractivity contribution in [3.05, 3.63) is 48.0 Å². The minimum absolute atomic E-state index is 0.138. The number of aryl methyl sites for hydroxylation is 1. The molecule has 2 aliphatic rings. The molecular formula is C25H34N4O4S. The lowest BCUT2D eigenvalue weighted by Gasteiger charge is -2.35. The maximum absolute atomic E-state index is 13.1. The van der Waals surface area contributed by atoms with E-state index in [9.17, 15) is 13.2 Å². The van der Waals surface area contributed by atoms with Crippen molar-refractivity contribution < 1.29 is 17.9 Å². The quantitative estimate of drug-likeness (QED) is 0.676. The highest BCUT2D eigenvalue weighted by atomic mass is 32.2. The number of rotatable bonds is 6. The molecule has 2 saturated heterocycles. The van der Waals surface area contributed by atoms with E-state index >= 15 is 0 Å². The third-order valence-corrected chi connectivity index (χ3v) is 8.64. The SMILES string of the molecule is COc1ccc(S(=O)(=O)N2CCCC(C(=O)Nc3ccc(N4CCN(C)CC4)c(C)c3)C2)cc1. The number of carbonyl (C=O) groups is 1. The van der Waals surface area contributed by atoms with Crippen LogP contribution in [0, 0.1) is 12.8 Å². The Bertz CT molecular complexity index is 1110. The van der Waals surface area contributed by atoms with Gasteiger partial charge < -0.3 is 19.9 Å². The Morgan fingerprint density at radius 1 is 1.03 bits per heavy atom. The van der Waals surface area contributed by atoms with E-state index in [1.165, 1.54) is 9.99 Å². The van der Waals surface area contributed by atoms with Crippen molar-refractivity contribution in [1.82, 2.24) is 9.21 Å². The highest BCUT2D eigenvalue weighted by molar-refractivity contribution is 7.89. The molecule has 0 saturated carbocycles. The average Bonchev–Trinajstić information content (AvgIpc) is 2.85. The van der Waals surface area contributed by atoms with E-state index in [4.69, 9.17) is 4.74 Å². The van der Waals surface area contributed by atoms with Crippen LogP contribution in [0.2, 0.25) is 0 Å². The molecule has 2 aromatic carbocycles. The van der Waals surface area contributed by atoms with E-state index < -0.39 is 10.0 Å². The summed E-state index contributed by atoms with van der Waals surface area (Å²) in [5.74, 6) is 0.0737. The fourth-order valence-corrected chi connectivity index (χ4v) is 6.18. The number of likely N-dealkylation sites (N-methyl/N-ethyl adjacent to an activating group) is 1. The van der Waals surface area contributed by atoms with Gasteiger partial charge in [0.05, 0.1) is 17.9 Å². The Morgan fingerprint density at radius 2 is 1.74 bits per heavy atom. The van der Waals surface area contributed by atoms with Crippen molar-refractivity contribution in [1.29, 1.82) is 0 Å². The third-order valence-electron chi connectivity index (χ3n) is 6.76. The van der Waals surface area contributed by atoms with Gasteiger partial charge in [-0.05, 0) is 74.8 Å². The van der Waals surface area contributed by atoms with Crippen molar-refractivity contribution >= 4 is 27.3 Å². The van der Waals surface area contributed by atoms with Crippen molar-refractivity contribution in [2.75, 3.05) is 63.6 Å². The van der Waals surface area contributed by atoms with Crippen LogP contribution in [0.15, 0.2) is 47.4 Å². The molecule has 2 heterocycles. The minimum atomic E-state index is -3.67. The summed E-state index contributed by atoms with van der Waals surface area (Å²) < 4.78 is 32.8. The molecule has 2 fully saturated rings. The summed E-state index contributed by atoms with van der Waals surface area (Å²) in [4.78, 5) is 17.9. The van der Waals surface area contributed by atoms with Gasteiger partial charge >= 0.3 is 0 Å². The van der Waals surface area contributed by atoms with Gasteiger partial charge in [0.25, 0.3) is 0 Å². The molecule has 2 aromatic rings. The highest BCUT2D eigenvalue weighted by Gasteiger charge is 2.33. The Labute approximate surface area is 202 Å². The van der Waals surface area contributed by atoms with Gasteiger partial charge in [-0.2, -0.15) is 4.31 Å². The van der Waals surface area contributed by atoms with Gasteiger partial charge in [0.2, 0.25) is 15.9 Å². The molecule has 0 aliphatic carbocycles. The molecule has 1 unspecified atom stereocenters. The van der Waals surface area contributed by atoms with E-state index in [0.717, 1.165) is 37.4 Å². The van der Waals surface area contributed by atoms with E-state index in [2.05, 4.69) is 35.2 Å². The zero-order chi connectivity index (χ0) is 24.3. The first-order valence-electron chi connectivity index (χ1n) is 11.8. The van der Waals surface area contributed by atoms with Gasteiger partial charge in [0.1, 0.15) is 5.75 Å². The number of hydrogen-bond acceptors (Lipinski definition) is 6. The second-order valence-electron chi connectivity index (χ2n) is 9.16. The second kappa shape index (κ2) is 10.3. The van der Waals surface area contributed by atoms with Crippen LogP contribution in [-0.2, 0) is 14.8 Å². The Morgan fingerprint density at radius 3 is 2.38 bits per heavy atom. The molecule has 0 spiro atoms. The molecular weight excluding hydrogens is 452 g/mol. The normalized spacial score (nSPS) is 20.2. The summed E-state index contributed by atoms with van der Waals surface area (Å²) in [6, 6.07) is 12.4. The lowest BCUT2D eigenvalue weighted by Crippen LogP contribution is -2.44. The molecule has 4 rings (SSSR count). The van der Waals surface area contributed by atoms with Gasteiger partial charge in [-0.1, -0.05) is 0 Å². The monoisotopic (exact) mass is 486 g/mol. The number of benzene rings is 2. The molecule has 0 bridgehead atoms. The molecule has 8 nitrogen and oxygen atoms in total. The summed E-state index contributed by atoms with van der Waals surface area (Å²) in [5, 5.41) is 3.01. The predicted octanol–water partition coefficient (Wildman–Crippen LogP) is 2.79. The first kappa shape index (κ1) is 24.5. The Hall–Kier alpha value is -2.62. The molecule has 1 N–H and O–H groups in total. The maximum Gasteiger partial charge on any atom is 0.243 e. The van der Waals surface area contributed by atoms with Gasteiger partial charge in [-0.25, -0.2) is 8.42 Å². The topological polar surface area (TPSA) is 82.2 Å². The van der Waals surface area contributed by atoms with Crippen LogP contribution in [0.5, 0.6) is 5.75 Å². The van der Waals surface area contributed by atoms with Crippen LogP contribution in [-0.4, -0.2) is 77.0 Å². The number of ether oxygens (including phenoxy) is 1. The largest absolute Gasteiger partial charge is 0.497 e. The number of piperazine rings is 1. The van der Waals surface area contributed by atoms with Crippen molar-refractivity contribution in [3.63, 3.8) is 0 Å². The maximum atomic E-state index is 13.1. The van der Waals surface area contributed by atoms with Crippen LogP contribution >= 0.6 is 0 Å². The van der Waals surface area contributed by atoms with E-state index in [0.29, 0.717) is 25.1 Å². The number of anilines is 2. The first-order chi connectivity index (χ1) is 16.3. The first-order valence-corrected chi connectivity index (χ1v) is 13.2. The number of methoxy groups -OCH3 is 1. The molecule has 0 radical (unpaired) electrons. The smallest absolute Gasteiger partial charge is 0.243 e. The summed E-state index contributed by atoms with van der Waals surface area (Å²) in [6.07, 6.45) is 1.31. The van der Waals surface area contributed by atoms with Crippen LogP contribution in [0.1, 0.15) is 18.4 Å². The number of amides is 1. The number of nitrogens with zero attached hydrogens (tertiary/aromatic N) is 3. The number of sulfonamides is 1. The zero-order valence-electron chi connectivity index (χ0n) is 20.2. The standard InChI is InChI=1S/C25H34N4O4S/c1-19-17-21(6-11-24(19)28-15-13-27(2)14-16-28)26-25(30)20-5-4-12-29(18-20)34(31,32)23-9-7-22(33-3)8-10-23/h6-11,17,20H,4-5,12-16,18H2,1-3H3,(H,26,30). The fraction of sp³-hybridized carbons (Fsp3) is 0.480. The number of piperidine rings is 1. The third kappa shape index (κ3) is 5.37. The molecule has 0 aromatic heterocycles. The molecule has 1 amide bonds. The lowest BCUT2D eigenvalue weighted by molar-refractivity contribution is -0.120. The molecule has 34 heavy (non-hydrogen) atoms. The summed E-state index contributed by atoms with van der Waals surface area (Å²) in [7, 11) is 0.0106. The number of hydrogen-bond donors (Lipinski definition) is 1.